The van der Waals surface area contributed by atoms with Gasteiger partial charge in [-0.3, -0.25) is 10.6 Å². The summed E-state index contributed by atoms with van der Waals surface area (Å²) in [6.45, 7) is 1.64. The van der Waals surface area contributed by atoms with Gasteiger partial charge in [-0.15, -0.1) is 0 Å². The SMILES string of the molecule is c1ccc2c(c1)CNC(c1ccc(Cc3ccc(C4NCc5ccccc5O4)cc3)cc1)O2. The molecule has 2 N–H and O–H groups in total. The summed E-state index contributed by atoms with van der Waals surface area (Å²) < 4.78 is 12.3. The summed E-state index contributed by atoms with van der Waals surface area (Å²) in [5.74, 6) is 1.93. The second kappa shape index (κ2) is 8.74. The highest BCUT2D eigenvalue weighted by atomic mass is 16.5. The lowest BCUT2D eigenvalue weighted by Crippen LogP contribution is -2.30. The number of ether oxygens (including phenoxy) is 2. The molecule has 2 atom stereocenters. The molecule has 0 fully saturated rings. The fourth-order valence-electron chi connectivity index (χ4n) is 4.50. The molecule has 0 saturated heterocycles. The number of para-hydroxylation sites is 2. The molecule has 2 heterocycles. The highest BCUT2D eigenvalue weighted by molar-refractivity contribution is 5.38. The van der Waals surface area contributed by atoms with Crippen molar-refractivity contribution in [3.05, 3.63) is 130 Å². The minimum absolute atomic E-state index is 0.110. The Morgan fingerprint density at radius 2 is 0.970 bits per heavy atom. The average molecular weight is 435 g/mol. The predicted molar refractivity (Wildman–Crippen MR) is 129 cm³/mol. The first-order valence-electron chi connectivity index (χ1n) is 11.5. The van der Waals surface area contributed by atoms with Crippen molar-refractivity contribution in [3.63, 3.8) is 0 Å². The molecular formula is C29H26N2O2. The predicted octanol–water partition coefficient (Wildman–Crippen LogP) is 5.64. The van der Waals surface area contributed by atoms with E-state index in [9.17, 15) is 0 Å². The average Bonchev–Trinajstić information content (AvgIpc) is 2.89. The summed E-state index contributed by atoms with van der Waals surface area (Å²) in [5, 5.41) is 6.93. The van der Waals surface area contributed by atoms with Crippen molar-refractivity contribution in [2.24, 2.45) is 0 Å². The number of hydrogen-bond donors (Lipinski definition) is 2. The van der Waals surface area contributed by atoms with Crippen LogP contribution in [0.4, 0.5) is 0 Å². The van der Waals surface area contributed by atoms with Crippen LogP contribution in [-0.4, -0.2) is 0 Å². The van der Waals surface area contributed by atoms with Crippen LogP contribution in [0.5, 0.6) is 11.5 Å². The van der Waals surface area contributed by atoms with Gasteiger partial charge >= 0.3 is 0 Å². The summed E-state index contributed by atoms with van der Waals surface area (Å²) in [6, 6.07) is 33.8. The van der Waals surface area contributed by atoms with Crippen LogP contribution in [0.1, 0.15) is 45.8 Å². The Balaban J connectivity index is 1.10. The summed E-state index contributed by atoms with van der Waals surface area (Å²) in [4.78, 5) is 0. The van der Waals surface area contributed by atoms with E-state index in [1.54, 1.807) is 0 Å². The second-order valence-corrected chi connectivity index (χ2v) is 8.63. The van der Waals surface area contributed by atoms with Crippen molar-refractivity contribution in [2.75, 3.05) is 0 Å². The number of hydrogen-bond acceptors (Lipinski definition) is 4. The minimum Gasteiger partial charge on any atom is -0.471 e. The van der Waals surface area contributed by atoms with E-state index in [2.05, 4.69) is 71.3 Å². The van der Waals surface area contributed by atoms with Crippen LogP contribution >= 0.6 is 0 Å². The molecule has 4 nitrogen and oxygen atoms in total. The lowest BCUT2D eigenvalue weighted by Gasteiger charge is -2.27. The molecule has 2 unspecified atom stereocenters. The van der Waals surface area contributed by atoms with Gasteiger partial charge in [0.1, 0.15) is 11.5 Å². The molecule has 2 aliphatic rings. The van der Waals surface area contributed by atoms with Crippen LogP contribution < -0.4 is 20.1 Å². The molecule has 0 saturated carbocycles. The van der Waals surface area contributed by atoms with Crippen LogP contribution in [0, 0.1) is 0 Å². The second-order valence-electron chi connectivity index (χ2n) is 8.63. The molecular weight excluding hydrogens is 408 g/mol. The van der Waals surface area contributed by atoms with Gasteiger partial charge in [-0.25, -0.2) is 0 Å². The highest BCUT2D eigenvalue weighted by Gasteiger charge is 2.21. The van der Waals surface area contributed by atoms with Crippen molar-refractivity contribution in [3.8, 4) is 11.5 Å². The molecule has 0 radical (unpaired) electrons. The van der Waals surface area contributed by atoms with Gasteiger partial charge in [-0.2, -0.15) is 0 Å². The molecule has 0 aromatic heterocycles. The molecule has 33 heavy (non-hydrogen) atoms. The molecule has 164 valence electrons. The highest BCUT2D eigenvalue weighted by Crippen LogP contribution is 2.30. The number of fused-ring (bicyclic) bond motifs is 2. The van der Waals surface area contributed by atoms with E-state index in [1.807, 2.05) is 36.4 Å². The molecule has 0 aliphatic carbocycles. The van der Waals surface area contributed by atoms with Crippen LogP contribution in [0.3, 0.4) is 0 Å². The van der Waals surface area contributed by atoms with Gasteiger partial charge in [0.15, 0.2) is 12.5 Å². The maximum atomic E-state index is 6.14. The summed E-state index contributed by atoms with van der Waals surface area (Å²) >= 11 is 0. The van der Waals surface area contributed by atoms with E-state index < -0.39 is 0 Å². The monoisotopic (exact) mass is 434 g/mol. The Bertz CT molecular complexity index is 1150. The van der Waals surface area contributed by atoms with Crippen LogP contribution in [0.25, 0.3) is 0 Å². The number of nitrogens with one attached hydrogen (secondary N) is 2. The van der Waals surface area contributed by atoms with E-state index in [1.165, 1.54) is 22.3 Å². The first kappa shape index (κ1) is 20.0. The molecule has 4 aromatic carbocycles. The molecule has 0 amide bonds. The zero-order valence-electron chi connectivity index (χ0n) is 18.3. The van der Waals surface area contributed by atoms with Gasteiger partial charge in [0.2, 0.25) is 0 Å². The zero-order chi connectivity index (χ0) is 22.0. The van der Waals surface area contributed by atoms with Gasteiger partial charge in [-0.1, -0.05) is 84.9 Å². The summed E-state index contributed by atoms with van der Waals surface area (Å²) in [7, 11) is 0. The van der Waals surface area contributed by atoms with E-state index >= 15 is 0 Å². The van der Waals surface area contributed by atoms with Crippen LogP contribution in [0.15, 0.2) is 97.1 Å². The Hall–Kier alpha value is -3.60. The Morgan fingerprint density at radius 3 is 1.42 bits per heavy atom. The molecule has 4 aromatic rings. The topological polar surface area (TPSA) is 42.5 Å². The molecule has 6 rings (SSSR count). The maximum Gasteiger partial charge on any atom is 0.176 e. The van der Waals surface area contributed by atoms with Crippen molar-refractivity contribution in [1.29, 1.82) is 0 Å². The van der Waals surface area contributed by atoms with E-state index in [0.29, 0.717) is 0 Å². The smallest absolute Gasteiger partial charge is 0.176 e. The molecule has 4 heteroatoms. The molecule has 0 bridgehead atoms. The third kappa shape index (κ3) is 4.23. The van der Waals surface area contributed by atoms with Gasteiger partial charge in [-0.05, 0) is 29.7 Å². The van der Waals surface area contributed by atoms with E-state index in [-0.39, 0.29) is 12.5 Å². The third-order valence-corrected chi connectivity index (χ3v) is 6.36. The van der Waals surface area contributed by atoms with Gasteiger partial charge in [0, 0.05) is 35.3 Å². The van der Waals surface area contributed by atoms with E-state index in [4.69, 9.17) is 9.47 Å². The zero-order valence-corrected chi connectivity index (χ0v) is 18.3. The first-order valence-corrected chi connectivity index (χ1v) is 11.5. The molecule has 0 spiro atoms. The van der Waals surface area contributed by atoms with Crippen molar-refractivity contribution in [2.45, 2.75) is 32.0 Å². The van der Waals surface area contributed by atoms with Crippen LogP contribution in [-0.2, 0) is 19.5 Å². The first-order chi connectivity index (χ1) is 16.3. The normalized spacial score (nSPS) is 19.0. The minimum atomic E-state index is -0.110. The lowest BCUT2D eigenvalue weighted by molar-refractivity contribution is 0.144. The fourth-order valence-corrected chi connectivity index (χ4v) is 4.50. The third-order valence-electron chi connectivity index (χ3n) is 6.36. The quantitative estimate of drug-likeness (QED) is 0.436. The summed E-state index contributed by atoms with van der Waals surface area (Å²) in [6.07, 6.45) is 0.673. The Labute approximate surface area is 194 Å². The van der Waals surface area contributed by atoms with Gasteiger partial charge in [0.25, 0.3) is 0 Å². The Morgan fingerprint density at radius 1 is 0.545 bits per heavy atom. The number of rotatable bonds is 4. The van der Waals surface area contributed by atoms with Crippen molar-refractivity contribution in [1.82, 2.24) is 10.6 Å². The number of benzene rings is 4. The van der Waals surface area contributed by atoms with E-state index in [0.717, 1.165) is 42.1 Å². The summed E-state index contributed by atoms with van der Waals surface area (Å²) in [5.41, 5.74) is 7.25. The molecule has 2 aliphatic heterocycles. The van der Waals surface area contributed by atoms with Crippen LogP contribution in [0.2, 0.25) is 0 Å². The maximum absolute atomic E-state index is 6.14. The Kier molecular flexibility index (Phi) is 5.31. The largest absolute Gasteiger partial charge is 0.471 e. The van der Waals surface area contributed by atoms with Gasteiger partial charge < -0.3 is 9.47 Å². The fraction of sp³-hybridized carbons (Fsp3) is 0.172. The van der Waals surface area contributed by atoms with Gasteiger partial charge in [0.05, 0.1) is 0 Å². The lowest BCUT2D eigenvalue weighted by atomic mass is 10.0. The van der Waals surface area contributed by atoms with Crippen molar-refractivity contribution >= 4 is 0 Å². The standard InChI is InChI=1S/C29H26N2O2/c1-3-7-26-24(5-1)18-30-28(32-26)22-13-9-20(10-14-22)17-21-11-15-23(16-12-21)29-31-19-25-6-2-4-8-27(25)33-29/h1-16,28-31H,17-19H2. The van der Waals surface area contributed by atoms with Crippen molar-refractivity contribution < 1.29 is 9.47 Å².